The van der Waals surface area contributed by atoms with Crippen LogP contribution in [0.5, 0.6) is 0 Å². The number of halogens is 1. The summed E-state index contributed by atoms with van der Waals surface area (Å²) in [6.45, 7) is 3.75. The Balaban J connectivity index is 2.15. The molecule has 0 radical (unpaired) electrons. The van der Waals surface area contributed by atoms with Crippen LogP contribution >= 0.6 is 11.6 Å². The van der Waals surface area contributed by atoms with Gasteiger partial charge in [0.1, 0.15) is 11.5 Å². The Kier molecular flexibility index (Phi) is 4.22. The predicted molar refractivity (Wildman–Crippen MR) is 68.1 cm³/mol. The minimum atomic E-state index is -0.752. The van der Waals surface area contributed by atoms with Crippen LogP contribution in [0, 0.1) is 0 Å². The number of ether oxygens (including phenoxy) is 2. The average molecular weight is 270 g/mol. The number of benzene rings is 1. The third kappa shape index (κ3) is 3.02. The number of carbonyl (C=O) groups excluding carboxylic acids is 1. The SMILES string of the molecule is CC(C)O[C@@H]1NC(=O)[C@H](Cl)[C@@H](c2ccccc2)O1. The highest BCUT2D eigenvalue weighted by Crippen LogP contribution is 2.30. The zero-order valence-corrected chi connectivity index (χ0v) is 11.1. The number of rotatable bonds is 3. The van der Waals surface area contributed by atoms with E-state index in [-0.39, 0.29) is 12.0 Å². The largest absolute Gasteiger partial charge is 0.333 e. The molecule has 1 amide bonds. The van der Waals surface area contributed by atoms with E-state index >= 15 is 0 Å². The first-order valence-corrected chi connectivity index (χ1v) is 6.32. The van der Waals surface area contributed by atoms with Gasteiger partial charge in [-0.1, -0.05) is 30.3 Å². The van der Waals surface area contributed by atoms with E-state index in [1.165, 1.54) is 0 Å². The second-order valence-corrected chi connectivity index (χ2v) is 4.86. The number of hydrogen-bond acceptors (Lipinski definition) is 3. The fourth-order valence-corrected chi connectivity index (χ4v) is 2.04. The van der Waals surface area contributed by atoms with Gasteiger partial charge in [-0.2, -0.15) is 0 Å². The first kappa shape index (κ1) is 13.3. The van der Waals surface area contributed by atoms with Crippen molar-refractivity contribution >= 4 is 17.5 Å². The summed E-state index contributed by atoms with van der Waals surface area (Å²) in [5, 5.41) is 1.83. The number of alkyl halides is 1. The van der Waals surface area contributed by atoms with E-state index in [1.54, 1.807) is 0 Å². The number of amides is 1. The Labute approximate surface area is 111 Å². The van der Waals surface area contributed by atoms with E-state index < -0.39 is 17.9 Å². The monoisotopic (exact) mass is 269 g/mol. The molecule has 1 heterocycles. The molecule has 1 fully saturated rings. The predicted octanol–water partition coefficient (Wildman–Crippen LogP) is 2.19. The maximum atomic E-state index is 11.8. The molecule has 1 aromatic rings. The Morgan fingerprint density at radius 3 is 2.61 bits per heavy atom. The van der Waals surface area contributed by atoms with Crippen LogP contribution in [0.2, 0.25) is 0 Å². The molecule has 1 aliphatic heterocycles. The molecule has 0 bridgehead atoms. The van der Waals surface area contributed by atoms with Crippen LogP contribution in [0.1, 0.15) is 25.5 Å². The molecule has 0 unspecified atom stereocenters. The van der Waals surface area contributed by atoms with Gasteiger partial charge in [0.15, 0.2) is 0 Å². The zero-order valence-electron chi connectivity index (χ0n) is 10.3. The molecule has 0 spiro atoms. The summed E-state index contributed by atoms with van der Waals surface area (Å²) in [7, 11) is 0. The maximum Gasteiger partial charge on any atom is 0.244 e. The highest BCUT2D eigenvalue weighted by atomic mass is 35.5. The molecule has 1 saturated heterocycles. The van der Waals surface area contributed by atoms with Crippen LogP contribution in [-0.2, 0) is 14.3 Å². The van der Waals surface area contributed by atoms with E-state index in [4.69, 9.17) is 21.1 Å². The lowest BCUT2D eigenvalue weighted by Crippen LogP contribution is -2.52. The quantitative estimate of drug-likeness (QED) is 0.856. The topological polar surface area (TPSA) is 47.6 Å². The van der Waals surface area contributed by atoms with Crippen LogP contribution in [0.25, 0.3) is 0 Å². The van der Waals surface area contributed by atoms with Gasteiger partial charge in [-0.3, -0.25) is 4.79 Å². The van der Waals surface area contributed by atoms with Crippen molar-refractivity contribution in [2.75, 3.05) is 0 Å². The highest BCUT2D eigenvalue weighted by Gasteiger charge is 2.37. The van der Waals surface area contributed by atoms with Crippen molar-refractivity contribution in [2.45, 2.75) is 37.8 Å². The van der Waals surface area contributed by atoms with Gasteiger partial charge in [-0.05, 0) is 19.4 Å². The Morgan fingerprint density at radius 1 is 1.33 bits per heavy atom. The van der Waals surface area contributed by atoms with Gasteiger partial charge >= 0.3 is 0 Å². The van der Waals surface area contributed by atoms with Gasteiger partial charge in [-0.15, -0.1) is 11.6 Å². The van der Waals surface area contributed by atoms with Crippen molar-refractivity contribution in [3.8, 4) is 0 Å². The molecule has 3 atom stereocenters. The number of hydrogen-bond donors (Lipinski definition) is 1. The lowest BCUT2D eigenvalue weighted by molar-refractivity contribution is -0.221. The molecule has 1 N–H and O–H groups in total. The first-order chi connectivity index (χ1) is 8.58. The molecule has 1 aromatic carbocycles. The molecule has 0 aliphatic carbocycles. The normalized spacial score (nSPS) is 28.2. The van der Waals surface area contributed by atoms with Gasteiger partial charge in [0.05, 0.1) is 6.10 Å². The fourth-order valence-electron chi connectivity index (χ4n) is 1.77. The van der Waals surface area contributed by atoms with Crippen molar-refractivity contribution in [2.24, 2.45) is 0 Å². The fraction of sp³-hybridized carbons (Fsp3) is 0.462. The average Bonchev–Trinajstić information content (AvgIpc) is 2.34. The van der Waals surface area contributed by atoms with Crippen molar-refractivity contribution in [1.29, 1.82) is 0 Å². The summed E-state index contributed by atoms with van der Waals surface area (Å²) in [5.74, 6) is -0.276. The zero-order chi connectivity index (χ0) is 13.1. The smallest absolute Gasteiger partial charge is 0.244 e. The summed E-state index contributed by atoms with van der Waals surface area (Å²) in [6.07, 6.45) is -1.29. The molecule has 0 aromatic heterocycles. The van der Waals surface area contributed by atoms with Crippen LogP contribution in [0.4, 0.5) is 0 Å². The minimum Gasteiger partial charge on any atom is -0.333 e. The summed E-state index contributed by atoms with van der Waals surface area (Å²) in [5.41, 5.74) is 0.865. The van der Waals surface area contributed by atoms with Crippen LogP contribution in [0.15, 0.2) is 30.3 Å². The summed E-state index contributed by atoms with van der Waals surface area (Å²) >= 11 is 6.08. The summed E-state index contributed by atoms with van der Waals surface area (Å²) in [6, 6.07) is 9.42. The van der Waals surface area contributed by atoms with Crippen LogP contribution in [0.3, 0.4) is 0 Å². The summed E-state index contributed by atoms with van der Waals surface area (Å²) < 4.78 is 11.1. The lowest BCUT2D eigenvalue weighted by atomic mass is 10.1. The molecular formula is C13H16ClNO3. The molecule has 18 heavy (non-hydrogen) atoms. The first-order valence-electron chi connectivity index (χ1n) is 5.88. The Hall–Kier alpha value is -1.10. The third-order valence-electron chi connectivity index (χ3n) is 2.57. The van der Waals surface area contributed by atoms with E-state index in [0.29, 0.717) is 0 Å². The standard InChI is InChI=1S/C13H16ClNO3/c1-8(2)17-13-15-12(16)10(14)11(18-13)9-6-4-3-5-7-9/h3-8,10-11,13H,1-2H3,(H,15,16)/t10-,11-,13+/m1/s1. The van der Waals surface area contributed by atoms with E-state index in [9.17, 15) is 4.79 Å². The molecule has 0 saturated carbocycles. The molecule has 1 aliphatic rings. The molecular weight excluding hydrogens is 254 g/mol. The van der Waals surface area contributed by atoms with E-state index in [1.807, 2.05) is 44.2 Å². The summed E-state index contributed by atoms with van der Waals surface area (Å²) in [4.78, 5) is 11.8. The minimum absolute atomic E-state index is 0.0430. The molecule has 5 heteroatoms. The van der Waals surface area contributed by atoms with Crippen LogP contribution in [-0.4, -0.2) is 23.8 Å². The van der Waals surface area contributed by atoms with Crippen LogP contribution < -0.4 is 5.32 Å². The lowest BCUT2D eigenvalue weighted by Gasteiger charge is -2.34. The number of carbonyl (C=O) groups is 1. The Morgan fingerprint density at radius 2 is 2.00 bits per heavy atom. The maximum absolute atomic E-state index is 11.8. The second-order valence-electron chi connectivity index (χ2n) is 4.39. The third-order valence-corrected chi connectivity index (χ3v) is 3.00. The van der Waals surface area contributed by atoms with Gasteiger partial charge in [0.2, 0.25) is 12.3 Å². The molecule has 98 valence electrons. The van der Waals surface area contributed by atoms with Gasteiger partial charge in [0.25, 0.3) is 0 Å². The Bertz CT molecular complexity index is 410. The second kappa shape index (κ2) is 5.69. The molecule has 4 nitrogen and oxygen atoms in total. The van der Waals surface area contributed by atoms with Gasteiger partial charge < -0.3 is 14.8 Å². The van der Waals surface area contributed by atoms with Gasteiger partial charge in [-0.25, -0.2) is 0 Å². The van der Waals surface area contributed by atoms with Crippen molar-refractivity contribution in [1.82, 2.24) is 5.32 Å². The van der Waals surface area contributed by atoms with Crippen molar-refractivity contribution in [3.63, 3.8) is 0 Å². The van der Waals surface area contributed by atoms with Crippen molar-refractivity contribution in [3.05, 3.63) is 35.9 Å². The van der Waals surface area contributed by atoms with E-state index in [0.717, 1.165) is 5.56 Å². The van der Waals surface area contributed by atoms with Gasteiger partial charge in [0, 0.05) is 0 Å². The van der Waals surface area contributed by atoms with E-state index in [2.05, 4.69) is 5.32 Å². The number of nitrogens with one attached hydrogen (secondary N) is 1. The van der Waals surface area contributed by atoms with Crippen molar-refractivity contribution < 1.29 is 14.3 Å². The molecule has 2 rings (SSSR count). The highest BCUT2D eigenvalue weighted by molar-refractivity contribution is 6.31.